The fraction of sp³-hybridized carbons (Fsp3) is 0.467. The van der Waals surface area contributed by atoms with Crippen LogP contribution in [0.3, 0.4) is 0 Å². The maximum absolute atomic E-state index is 12.7. The minimum atomic E-state index is -0.866. The molecule has 0 aliphatic heterocycles. The Hall–Kier alpha value is -1.36. The Kier molecular flexibility index (Phi) is 4.48. The van der Waals surface area contributed by atoms with E-state index in [0.717, 1.165) is 22.9 Å². The molecule has 0 heterocycles. The van der Waals surface area contributed by atoms with E-state index in [1.54, 1.807) is 17.9 Å². The minimum absolute atomic E-state index is 0.0700. The largest absolute Gasteiger partial charge is 0.481 e. The molecule has 1 aliphatic rings. The lowest BCUT2D eigenvalue weighted by atomic mass is 10.1. The molecule has 1 amide bonds. The van der Waals surface area contributed by atoms with Gasteiger partial charge in [-0.25, -0.2) is 0 Å². The van der Waals surface area contributed by atoms with Crippen molar-refractivity contribution in [2.75, 3.05) is 6.54 Å². The molecular formula is C15H18BrNO3. The summed E-state index contributed by atoms with van der Waals surface area (Å²) in [6.07, 6.45) is 1.93. The van der Waals surface area contributed by atoms with Gasteiger partial charge in [-0.3, -0.25) is 9.59 Å². The molecule has 1 aromatic carbocycles. The van der Waals surface area contributed by atoms with Crippen molar-refractivity contribution in [3.05, 3.63) is 33.8 Å². The molecule has 1 N–H and O–H groups in total. The van der Waals surface area contributed by atoms with E-state index in [2.05, 4.69) is 15.9 Å². The number of hydrogen-bond acceptors (Lipinski definition) is 2. The first-order chi connectivity index (χ1) is 9.41. The van der Waals surface area contributed by atoms with E-state index in [0.29, 0.717) is 5.56 Å². The molecule has 2 rings (SSSR count). The van der Waals surface area contributed by atoms with E-state index < -0.39 is 11.9 Å². The number of hydrogen-bond donors (Lipinski definition) is 1. The van der Waals surface area contributed by atoms with Crippen LogP contribution in [0.2, 0.25) is 0 Å². The zero-order valence-electron chi connectivity index (χ0n) is 11.6. The lowest BCUT2D eigenvalue weighted by Crippen LogP contribution is -2.38. The summed E-state index contributed by atoms with van der Waals surface area (Å²) in [6, 6.07) is 5.72. The molecular weight excluding hydrogens is 322 g/mol. The summed E-state index contributed by atoms with van der Waals surface area (Å²) in [4.78, 5) is 25.4. The van der Waals surface area contributed by atoms with Crippen LogP contribution in [0.1, 0.15) is 35.7 Å². The van der Waals surface area contributed by atoms with Gasteiger partial charge < -0.3 is 10.0 Å². The zero-order chi connectivity index (χ0) is 14.9. The number of carboxylic acid groups (broad SMARTS) is 1. The molecule has 0 saturated heterocycles. The summed E-state index contributed by atoms with van der Waals surface area (Å²) in [5.41, 5.74) is 1.54. The fourth-order valence-corrected chi connectivity index (χ4v) is 2.52. The molecule has 1 aromatic rings. The molecule has 5 heteroatoms. The van der Waals surface area contributed by atoms with Crippen molar-refractivity contribution >= 4 is 27.8 Å². The average molecular weight is 340 g/mol. The van der Waals surface area contributed by atoms with Crippen molar-refractivity contribution in [1.29, 1.82) is 0 Å². The summed E-state index contributed by atoms with van der Waals surface area (Å²) in [5, 5.41) is 9.04. The van der Waals surface area contributed by atoms with E-state index in [4.69, 9.17) is 5.11 Å². The molecule has 0 bridgehead atoms. The average Bonchev–Trinajstić information content (AvgIpc) is 3.22. The molecule has 4 nitrogen and oxygen atoms in total. The topological polar surface area (TPSA) is 57.6 Å². The number of carbonyl (C=O) groups is 2. The second kappa shape index (κ2) is 5.95. The highest BCUT2D eigenvalue weighted by Crippen LogP contribution is 2.30. The van der Waals surface area contributed by atoms with Gasteiger partial charge in [0.15, 0.2) is 0 Å². The standard InChI is InChI=1S/C15H18BrNO3/c1-9(15(19)20)8-17(11-6-7-11)14(18)12-4-3-5-13(16)10(12)2/h3-5,9,11H,6-8H2,1-2H3,(H,19,20). The second-order valence-electron chi connectivity index (χ2n) is 5.34. The van der Waals surface area contributed by atoms with Crippen LogP contribution in [0.25, 0.3) is 0 Å². The summed E-state index contributed by atoms with van der Waals surface area (Å²) < 4.78 is 0.894. The SMILES string of the molecule is Cc1c(Br)cccc1C(=O)N(CC(C)C(=O)O)C1CC1. The van der Waals surface area contributed by atoms with Crippen LogP contribution in [-0.4, -0.2) is 34.5 Å². The zero-order valence-corrected chi connectivity index (χ0v) is 13.2. The van der Waals surface area contributed by atoms with E-state index in [9.17, 15) is 9.59 Å². The predicted octanol–water partition coefficient (Wildman–Crippen LogP) is 3.08. The van der Waals surface area contributed by atoms with Crippen LogP contribution in [0.15, 0.2) is 22.7 Å². The Balaban J connectivity index is 2.23. The Labute approximate surface area is 126 Å². The van der Waals surface area contributed by atoms with Crippen molar-refractivity contribution in [3.63, 3.8) is 0 Å². The third-order valence-electron chi connectivity index (χ3n) is 3.64. The van der Waals surface area contributed by atoms with Gasteiger partial charge in [0, 0.05) is 22.6 Å². The smallest absolute Gasteiger partial charge is 0.308 e. The first-order valence-electron chi connectivity index (χ1n) is 6.70. The number of aliphatic carboxylic acids is 1. The predicted molar refractivity (Wildman–Crippen MR) is 79.7 cm³/mol. The monoisotopic (exact) mass is 339 g/mol. The van der Waals surface area contributed by atoms with Gasteiger partial charge in [0.2, 0.25) is 0 Å². The van der Waals surface area contributed by atoms with Gasteiger partial charge in [-0.2, -0.15) is 0 Å². The number of carboxylic acids is 1. The van der Waals surface area contributed by atoms with Crippen LogP contribution in [-0.2, 0) is 4.79 Å². The Morgan fingerprint density at radius 3 is 2.65 bits per heavy atom. The number of carbonyl (C=O) groups excluding carboxylic acids is 1. The normalized spacial score (nSPS) is 15.8. The first-order valence-corrected chi connectivity index (χ1v) is 7.50. The Morgan fingerprint density at radius 1 is 1.45 bits per heavy atom. The van der Waals surface area contributed by atoms with Crippen molar-refractivity contribution in [1.82, 2.24) is 4.90 Å². The molecule has 1 atom stereocenters. The Bertz CT molecular complexity index is 540. The van der Waals surface area contributed by atoms with Crippen molar-refractivity contribution < 1.29 is 14.7 Å². The molecule has 1 aliphatic carbocycles. The van der Waals surface area contributed by atoms with Crippen LogP contribution >= 0.6 is 15.9 Å². The highest BCUT2D eigenvalue weighted by atomic mass is 79.9. The van der Waals surface area contributed by atoms with Gasteiger partial charge in [0.1, 0.15) is 0 Å². The molecule has 0 aromatic heterocycles. The van der Waals surface area contributed by atoms with Gasteiger partial charge in [0.25, 0.3) is 5.91 Å². The highest BCUT2D eigenvalue weighted by Gasteiger charge is 2.35. The molecule has 20 heavy (non-hydrogen) atoms. The third-order valence-corrected chi connectivity index (χ3v) is 4.50. The fourth-order valence-electron chi connectivity index (χ4n) is 2.15. The van der Waals surface area contributed by atoms with Crippen LogP contribution < -0.4 is 0 Å². The van der Waals surface area contributed by atoms with E-state index in [1.165, 1.54) is 0 Å². The number of amides is 1. The summed E-state index contributed by atoms with van der Waals surface area (Å²) in [6.45, 7) is 3.80. The molecule has 0 spiro atoms. The van der Waals surface area contributed by atoms with Gasteiger partial charge >= 0.3 is 5.97 Å². The van der Waals surface area contributed by atoms with Crippen LogP contribution in [0, 0.1) is 12.8 Å². The van der Waals surface area contributed by atoms with E-state index >= 15 is 0 Å². The first kappa shape index (κ1) is 15.0. The number of nitrogens with zero attached hydrogens (tertiary/aromatic N) is 1. The number of halogens is 1. The molecule has 0 radical (unpaired) electrons. The summed E-state index contributed by atoms with van der Waals surface area (Å²) >= 11 is 3.43. The summed E-state index contributed by atoms with van der Waals surface area (Å²) in [5.74, 6) is -1.49. The van der Waals surface area contributed by atoms with Crippen molar-refractivity contribution in [2.45, 2.75) is 32.7 Å². The lowest BCUT2D eigenvalue weighted by Gasteiger charge is -2.25. The minimum Gasteiger partial charge on any atom is -0.481 e. The molecule has 1 saturated carbocycles. The quantitative estimate of drug-likeness (QED) is 0.896. The van der Waals surface area contributed by atoms with Crippen LogP contribution in [0.4, 0.5) is 0 Å². The molecule has 1 unspecified atom stereocenters. The molecule has 108 valence electrons. The summed E-state index contributed by atoms with van der Waals surface area (Å²) in [7, 11) is 0. The van der Waals surface area contributed by atoms with Gasteiger partial charge in [0.05, 0.1) is 5.92 Å². The van der Waals surface area contributed by atoms with Gasteiger partial charge in [-0.15, -0.1) is 0 Å². The van der Waals surface area contributed by atoms with E-state index in [-0.39, 0.29) is 18.5 Å². The third kappa shape index (κ3) is 3.20. The highest BCUT2D eigenvalue weighted by molar-refractivity contribution is 9.10. The maximum atomic E-state index is 12.7. The van der Waals surface area contributed by atoms with Crippen molar-refractivity contribution in [3.8, 4) is 0 Å². The lowest BCUT2D eigenvalue weighted by molar-refractivity contribution is -0.141. The van der Waals surface area contributed by atoms with Crippen LogP contribution in [0.5, 0.6) is 0 Å². The Morgan fingerprint density at radius 2 is 2.10 bits per heavy atom. The second-order valence-corrected chi connectivity index (χ2v) is 6.19. The number of rotatable bonds is 5. The van der Waals surface area contributed by atoms with Crippen molar-refractivity contribution in [2.24, 2.45) is 5.92 Å². The van der Waals surface area contributed by atoms with E-state index in [1.807, 2.05) is 19.1 Å². The van der Waals surface area contributed by atoms with Gasteiger partial charge in [-0.05, 0) is 37.5 Å². The molecule has 1 fully saturated rings. The number of benzene rings is 1. The maximum Gasteiger partial charge on any atom is 0.308 e. The van der Waals surface area contributed by atoms with Gasteiger partial charge in [-0.1, -0.05) is 28.9 Å².